The van der Waals surface area contributed by atoms with Crippen LogP contribution in [0.15, 0.2) is 18.2 Å². The van der Waals surface area contributed by atoms with Crippen molar-refractivity contribution in [2.45, 2.75) is 26.7 Å². The second kappa shape index (κ2) is 8.18. The molecule has 0 atom stereocenters. The summed E-state index contributed by atoms with van der Waals surface area (Å²) in [5.74, 6) is 1.55. The normalized spacial score (nSPS) is 11.3. The van der Waals surface area contributed by atoms with E-state index in [0.29, 0.717) is 5.92 Å². The van der Waals surface area contributed by atoms with Crippen molar-refractivity contribution < 1.29 is 4.74 Å². The molecule has 1 N–H and O–H groups in total. The van der Waals surface area contributed by atoms with Crippen molar-refractivity contribution >= 4 is 0 Å². The van der Waals surface area contributed by atoms with Crippen LogP contribution < -0.4 is 10.1 Å². The van der Waals surface area contributed by atoms with Crippen LogP contribution in [0.4, 0.5) is 0 Å². The Kier molecular flexibility index (Phi) is 6.89. The van der Waals surface area contributed by atoms with E-state index in [0.717, 1.165) is 32.0 Å². The maximum absolute atomic E-state index is 5.81. The first-order valence-corrected chi connectivity index (χ1v) is 7.11. The van der Waals surface area contributed by atoms with Gasteiger partial charge in [0.2, 0.25) is 0 Å². The second-order valence-electron chi connectivity index (χ2n) is 5.43. The maximum Gasteiger partial charge on any atom is 0.119 e. The van der Waals surface area contributed by atoms with Crippen LogP contribution in [0.25, 0.3) is 0 Å². The number of aryl methyl sites for hydroxylation is 1. The van der Waals surface area contributed by atoms with Gasteiger partial charge in [-0.3, -0.25) is 0 Å². The molecule has 0 saturated carbocycles. The van der Waals surface area contributed by atoms with E-state index in [9.17, 15) is 0 Å². The Morgan fingerprint density at radius 1 is 1.26 bits per heavy atom. The van der Waals surface area contributed by atoms with Gasteiger partial charge < -0.3 is 15.0 Å². The summed E-state index contributed by atoms with van der Waals surface area (Å²) in [5.41, 5.74) is 2.72. The third-order valence-electron chi connectivity index (χ3n) is 3.35. The van der Waals surface area contributed by atoms with E-state index in [1.54, 1.807) is 0 Å². The van der Waals surface area contributed by atoms with Gasteiger partial charge in [0.05, 0.1) is 0 Å². The molecule has 0 radical (unpaired) electrons. The van der Waals surface area contributed by atoms with E-state index >= 15 is 0 Å². The summed E-state index contributed by atoms with van der Waals surface area (Å²) in [4.78, 5) is 2.27. The predicted molar refractivity (Wildman–Crippen MR) is 82.2 cm³/mol. The van der Waals surface area contributed by atoms with Gasteiger partial charge in [-0.2, -0.15) is 0 Å². The largest absolute Gasteiger partial charge is 0.492 e. The Morgan fingerprint density at radius 3 is 2.58 bits per heavy atom. The highest BCUT2D eigenvalue weighted by atomic mass is 16.5. The van der Waals surface area contributed by atoms with Crippen molar-refractivity contribution in [3.05, 3.63) is 29.3 Å². The van der Waals surface area contributed by atoms with E-state index in [4.69, 9.17) is 4.74 Å². The number of ether oxygens (including phenoxy) is 1. The minimum Gasteiger partial charge on any atom is -0.492 e. The van der Waals surface area contributed by atoms with Gasteiger partial charge in [-0.05, 0) is 50.2 Å². The summed E-state index contributed by atoms with van der Waals surface area (Å²) >= 11 is 0. The van der Waals surface area contributed by atoms with E-state index < -0.39 is 0 Å². The summed E-state index contributed by atoms with van der Waals surface area (Å²) in [6.07, 6.45) is 0. The van der Waals surface area contributed by atoms with Gasteiger partial charge in [-0.15, -0.1) is 0 Å². The summed E-state index contributed by atoms with van der Waals surface area (Å²) in [5, 5.41) is 3.15. The number of likely N-dealkylation sites (N-methyl/N-ethyl adjacent to an activating group) is 2. The highest BCUT2D eigenvalue weighted by Crippen LogP contribution is 2.23. The van der Waals surface area contributed by atoms with Crippen LogP contribution in [0.1, 0.15) is 30.9 Å². The van der Waals surface area contributed by atoms with Crippen LogP contribution in [-0.4, -0.2) is 45.2 Å². The molecule has 1 rings (SSSR count). The Bertz CT molecular complexity index is 377. The summed E-state index contributed by atoms with van der Waals surface area (Å²) < 4.78 is 5.81. The molecule has 108 valence electrons. The van der Waals surface area contributed by atoms with Gasteiger partial charge in [0, 0.05) is 19.6 Å². The van der Waals surface area contributed by atoms with Crippen LogP contribution in [0, 0.1) is 6.92 Å². The minimum absolute atomic E-state index is 0.571. The molecule has 0 aliphatic heterocycles. The number of rotatable bonds is 8. The van der Waals surface area contributed by atoms with Crippen molar-refractivity contribution in [1.82, 2.24) is 10.2 Å². The lowest BCUT2D eigenvalue weighted by Crippen LogP contribution is -2.30. The van der Waals surface area contributed by atoms with Crippen LogP contribution in [-0.2, 0) is 0 Å². The lowest BCUT2D eigenvalue weighted by Gasteiger charge is -2.17. The van der Waals surface area contributed by atoms with Crippen molar-refractivity contribution in [2.75, 3.05) is 40.3 Å². The molecule has 0 unspecified atom stereocenters. The molecule has 0 aliphatic carbocycles. The number of hydrogen-bond donors (Lipinski definition) is 1. The lowest BCUT2D eigenvalue weighted by atomic mass is 9.98. The van der Waals surface area contributed by atoms with E-state index in [2.05, 4.69) is 56.2 Å². The molecule has 0 aromatic heterocycles. The summed E-state index contributed by atoms with van der Waals surface area (Å²) in [6, 6.07) is 6.40. The topological polar surface area (TPSA) is 24.5 Å². The molecule has 0 fully saturated rings. The molecule has 1 aromatic carbocycles. The van der Waals surface area contributed by atoms with Gasteiger partial charge in [0.1, 0.15) is 12.4 Å². The van der Waals surface area contributed by atoms with Crippen molar-refractivity contribution in [2.24, 2.45) is 0 Å². The Hall–Kier alpha value is -1.06. The Labute approximate surface area is 118 Å². The zero-order valence-corrected chi connectivity index (χ0v) is 13.0. The van der Waals surface area contributed by atoms with Gasteiger partial charge in [0.15, 0.2) is 0 Å². The zero-order chi connectivity index (χ0) is 14.3. The molecule has 3 nitrogen and oxygen atoms in total. The standard InChI is InChI=1S/C16H28N2O/c1-13(2)16-7-6-15(12-14(16)3)19-11-10-18(5)9-8-17-4/h6-7,12-13,17H,8-11H2,1-5H3. The third kappa shape index (κ3) is 5.62. The summed E-state index contributed by atoms with van der Waals surface area (Å²) in [6.45, 7) is 10.3. The van der Waals surface area contributed by atoms with E-state index in [1.807, 2.05) is 7.05 Å². The molecule has 0 amide bonds. The quantitative estimate of drug-likeness (QED) is 0.781. The average molecular weight is 264 g/mol. The minimum atomic E-state index is 0.571. The molecule has 1 aromatic rings. The fourth-order valence-electron chi connectivity index (χ4n) is 2.12. The van der Waals surface area contributed by atoms with Crippen molar-refractivity contribution in [3.8, 4) is 5.75 Å². The predicted octanol–water partition coefficient (Wildman–Crippen LogP) is 2.65. The van der Waals surface area contributed by atoms with E-state index in [1.165, 1.54) is 11.1 Å². The monoisotopic (exact) mass is 264 g/mol. The number of hydrogen-bond acceptors (Lipinski definition) is 3. The molecule has 0 bridgehead atoms. The molecule has 3 heteroatoms. The SMILES string of the molecule is CNCCN(C)CCOc1ccc(C(C)C)c(C)c1. The highest BCUT2D eigenvalue weighted by molar-refractivity contribution is 5.36. The number of benzene rings is 1. The molecule has 0 saturated heterocycles. The second-order valence-corrected chi connectivity index (χ2v) is 5.43. The van der Waals surface area contributed by atoms with Crippen LogP contribution in [0.3, 0.4) is 0 Å². The first-order chi connectivity index (χ1) is 9.04. The average Bonchev–Trinajstić information content (AvgIpc) is 2.36. The summed E-state index contributed by atoms with van der Waals surface area (Å²) in [7, 11) is 4.09. The highest BCUT2D eigenvalue weighted by Gasteiger charge is 2.05. The lowest BCUT2D eigenvalue weighted by molar-refractivity contribution is 0.238. The number of nitrogens with zero attached hydrogens (tertiary/aromatic N) is 1. The van der Waals surface area contributed by atoms with Crippen LogP contribution >= 0.6 is 0 Å². The molecule has 0 spiro atoms. The van der Waals surface area contributed by atoms with Crippen LogP contribution in [0.5, 0.6) is 5.75 Å². The van der Waals surface area contributed by atoms with Crippen molar-refractivity contribution in [1.29, 1.82) is 0 Å². The zero-order valence-electron chi connectivity index (χ0n) is 13.0. The fraction of sp³-hybridized carbons (Fsp3) is 0.625. The molecule has 19 heavy (non-hydrogen) atoms. The molecular formula is C16H28N2O. The van der Waals surface area contributed by atoms with Gasteiger partial charge in [-0.25, -0.2) is 0 Å². The van der Waals surface area contributed by atoms with Crippen molar-refractivity contribution in [3.63, 3.8) is 0 Å². The Morgan fingerprint density at radius 2 is 2.00 bits per heavy atom. The van der Waals surface area contributed by atoms with Crippen LogP contribution in [0.2, 0.25) is 0 Å². The fourth-order valence-corrected chi connectivity index (χ4v) is 2.12. The van der Waals surface area contributed by atoms with Gasteiger partial charge in [-0.1, -0.05) is 19.9 Å². The first kappa shape index (κ1) is 16.0. The molecular weight excluding hydrogens is 236 g/mol. The smallest absolute Gasteiger partial charge is 0.119 e. The number of nitrogens with one attached hydrogen (secondary N) is 1. The van der Waals surface area contributed by atoms with Gasteiger partial charge >= 0.3 is 0 Å². The van der Waals surface area contributed by atoms with E-state index in [-0.39, 0.29) is 0 Å². The molecule has 0 aliphatic rings. The first-order valence-electron chi connectivity index (χ1n) is 7.11. The molecule has 0 heterocycles. The van der Waals surface area contributed by atoms with Gasteiger partial charge in [0.25, 0.3) is 0 Å². The third-order valence-corrected chi connectivity index (χ3v) is 3.35. The Balaban J connectivity index is 2.40. The maximum atomic E-state index is 5.81.